The zero-order valence-electron chi connectivity index (χ0n) is 16.9. The smallest absolute Gasteiger partial charge is 0.355 e. The van der Waals surface area contributed by atoms with E-state index in [2.05, 4.69) is 9.97 Å². The van der Waals surface area contributed by atoms with Crippen LogP contribution >= 0.6 is 0 Å². The molecule has 7 nitrogen and oxygen atoms in total. The molecule has 2 rings (SSSR count). The van der Waals surface area contributed by atoms with Gasteiger partial charge in [-0.15, -0.1) is 0 Å². The Balaban J connectivity index is 0.000000433. The van der Waals surface area contributed by atoms with Gasteiger partial charge in [-0.3, -0.25) is 4.98 Å². The Hall–Kier alpha value is -2.67. The molecule has 2 heterocycles. The number of carbonyl (C=O) groups excluding carboxylic acids is 2. The first-order valence-corrected chi connectivity index (χ1v) is 8.80. The van der Waals surface area contributed by atoms with E-state index in [9.17, 15) is 9.59 Å². The Kier molecular flexibility index (Phi) is 8.18. The van der Waals surface area contributed by atoms with Crippen molar-refractivity contribution in [3.05, 3.63) is 52.6 Å². The fraction of sp³-hybridized carbons (Fsp3) is 0.450. The second-order valence-electron chi connectivity index (χ2n) is 6.88. The summed E-state index contributed by atoms with van der Waals surface area (Å²) in [5.41, 5.74) is 7.59. The van der Waals surface area contributed by atoms with Crippen LogP contribution in [0, 0.1) is 13.8 Å². The highest BCUT2D eigenvalue weighted by Gasteiger charge is 2.27. The molecule has 0 spiro atoms. The van der Waals surface area contributed by atoms with Crippen molar-refractivity contribution in [2.24, 2.45) is 5.73 Å². The summed E-state index contributed by atoms with van der Waals surface area (Å²) in [5.74, 6) is -1.00. The van der Waals surface area contributed by atoms with Crippen LogP contribution in [0.5, 0.6) is 0 Å². The quantitative estimate of drug-likeness (QED) is 0.794. The molecular weight excluding hydrogens is 346 g/mol. The van der Waals surface area contributed by atoms with E-state index >= 15 is 0 Å². The number of aryl methyl sites for hydroxylation is 1. The fourth-order valence-electron chi connectivity index (χ4n) is 2.27. The Labute approximate surface area is 160 Å². The van der Waals surface area contributed by atoms with Gasteiger partial charge in [-0.25, -0.2) is 9.59 Å². The molecule has 0 aliphatic rings. The van der Waals surface area contributed by atoms with E-state index < -0.39 is 17.5 Å². The number of aromatic nitrogens is 2. The van der Waals surface area contributed by atoms with E-state index in [-0.39, 0.29) is 18.8 Å². The van der Waals surface area contributed by atoms with Gasteiger partial charge >= 0.3 is 11.9 Å². The molecule has 0 fully saturated rings. The second-order valence-corrected chi connectivity index (χ2v) is 6.88. The van der Waals surface area contributed by atoms with Gasteiger partial charge in [0.05, 0.1) is 12.2 Å². The zero-order valence-corrected chi connectivity index (χ0v) is 16.9. The Morgan fingerprint density at radius 1 is 1.19 bits per heavy atom. The number of pyridine rings is 1. The third kappa shape index (κ3) is 6.86. The first-order valence-electron chi connectivity index (χ1n) is 8.80. The Morgan fingerprint density at radius 2 is 1.85 bits per heavy atom. The van der Waals surface area contributed by atoms with E-state index in [0.29, 0.717) is 16.8 Å². The van der Waals surface area contributed by atoms with Crippen LogP contribution in [0.4, 0.5) is 0 Å². The first-order chi connectivity index (χ1) is 12.6. The summed E-state index contributed by atoms with van der Waals surface area (Å²) >= 11 is 0. The summed E-state index contributed by atoms with van der Waals surface area (Å²) in [4.78, 5) is 30.9. The monoisotopic (exact) mass is 375 g/mol. The molecule has 0 radical (unpaired) electrons. The van der Waals surface area contributed by atoms with Crippen molar-refractivity contribution in [1.82, 2.24) is 9.97 Å². The summed E-state index contributed by atoms with van der Waals surface area (Å²) in [5, 5.41) is 0. The maximum atomic E-state index is 12.1. The lowest BCUT2D eigenvalue weighted by Crippen LogP contribution is -2.24. The predicted octanol–water partition coefficient (Wildman–Crippen LogP) is 3.30. The molecule has 0 saturated carbocycles. The number of ether oxygens (including phenoxy) is 2. The summed E-state index contributed by atoms with van der Waals surface area (Å²) in [6, 6.07) is 5.86. The highest BCUT2D eigenvalue weighted by atomic mass is 16.6. The van der Waals surface area contributed by atoms with Crippen LogP contribution < -0.4 is 5.73 Å². The molecule has 0 amide bonds. The van der Waals surface area contributed by atoms with Gasteiger partial charge in [-0.05, 0) is 59.2 Å². The topological polar surface area (TPSA) is 107 Å². The molecule has 0 saturated heterocycles. The Bertz CT molecular complexity index is 762. The lowest BCUT2D eigenvalue weighted by atomic mass is 10.1. The van der Waals surface area contributed by atoms with Crippen LogP contribution in [0.2, 0.25) is 0 Å². The minimum atomic E-state index is -0.610. The lowest BCUT2D eigenvalue weighted by molar-refractivity contribution is 0.00626. The molecule has 0 aromatic carbocycles. The van der Waals surface area contributed by atoms with Crippen LogP contribution in [0.3, 0.4) is 0 Å². The normalized spacial score (nSPS) is 10.6. The largest absolute Gasteiger partial charge is 0.462 e. The molecule has 7 heteroatoms. The SMILES string of the molecule is CCOC(=O)c1c(CN)[nH]c(C(=O)OC(C)(C)C)c1C.Cc1ccccn1. The van der Waals surface area contributed by atoms with E-state index in [1.54, 1.807) is 40.8 Å². The number of nitrogens with two attached hydrogens (primary N) is 1. The van der Waals surface area contributed by atoms with Crippen LogP contribution in [0.1, 0.15) is 65.5 Å². The number of hydrogen-bond donors (Lipinski definition) is 2. The molecule has 0 unspecified atom stereocenters. The number of aromatic amines is 1. The highest BCUT2D eigenvalue weighted by molar-refractivity contribution is 5.98. The summed E-state index contributed by atoms with van der Waals surface area (Å²) in [6.07, 6.45) is 1.79. The molecular formula is C20H29N3O4. The molecule has 0 atom stereocenters. The molecule has 0 bridgehead atoms. The third-order valence-electron chi connectivity index (χ3n) is 3.43. The van der Waals surface area contributed by atoms with E-state index in [1.165, 1.54) is 0 Å². The first kappa shape index (κ1) is 22.4. The standard InChI is InChI=1S/C14H22N2O4.C6H7N/c1-6-19-12(17)10-8(2)11(16-9(10)7-15)13(18)20-14(3,4)5;1-6-4-2-3-5-7-6/h16H,6-7,15H2,1-5H3;2-5H,1H3. The maximum absolute atomic E-state index is 12.1. The van der Waals surface area contributed by atoms with Crippen LogP contribution in [0.25, 0.3) is 0 Å². The van der Waals surface area contributed by atoms with Gasteiger partial charge in [0.15, 0.2) is 0 Å². The lowest BCUT2D eigenvalue weighted by Gasteiger charge is -2.19. The van der Waals surface area contributed by atoms with Crippen LogP contribution in [-0.4, -0.2) is 34.1 Å². The molecule has 2 aromatic rings. The number of esters is 2. The van der Waals surface area contributed by atoms with E-state index in [4.69, 9.17) is 15.2 Å². The number of nitrogens with zero attached hydrogens (tertiary/aromatic N) is 1. The van der Waals surface area contributed by atoms with Crippen molar-refractivity contribution in [2.45, 2.75) is 53.7 Å². The molecule has 27 heavy (non-hydrogen) atoms. The second kappa shape index (κ2) is 9.87. The van der Waals surface area contributed by atoms with Crippen molar-refractivity contribution < 1.29 is 19.1 Å². The summed E-state index contributed by atoms with van der Waals surface area (Å²) < 4.78 is 10.3. The molecule has 148 valence electrons. The van der Waals surface area contributed by atoms with Crippen molar-refractivity contribution in [1.29, 1.82) is 0 Å². The van der Waals surface area contributed by atoms with Gasteiger partial charge in [0.25, 0.3) is 0 Å². The van der Waals surface area contributed by atoms with Gasteiger partial charge in [0, 0.05) is 24.1 Å². The van der Waals surface area contributed by atoms with E-state index in [1.807, 2.05) is 25.1 Å². The van der Waals surface area contributed by atoms with Crippen LogP contribution in [0.15, 0.2) is 24.4 Å². The molecule has 0 aliphatic carbocycles. The Morgan fingerprint density at radius 3 is 2.26 bits per heavy atom. The minimum absolute atomic E-state index is 0.109. The predicted molar refractivity (Wildman–Crippen MR) is 104 cm³/mol. The number of H-pyrrole nitrogens is 1. The van der Waals surface area contributed by atoms with Crippen molar-refractivity contribution in [2.75, 3.05) is 6.61 Å². The third-order valence-corrected chi connectivity index (χ3v) is 3.43. The number of hydrogen-bond acceptors (Lipinski definition) is 6. The average Bonchev–Trinajstić information content (AvgIpc) is 2.91. The minimum Gasteiger partial charge on any atom is -0.462 e. The highest BCUT2D eigenvalue weighted by Crippen LogP contribution is 2.22. The van der Waals surface area contributed by atoms with Gasteiger partial charge in [0.1, 0.15) is 11.3 Å². The van der Waals surface area contributed by atoms with Gasteiger partial charge in [-0.2, -0.15) is 0 Å². The van der Waals surface area contributed by atoms with Crippen molar-refractivity contribution in [3.8, 4) is 0 Å². The fourth-order valence-corrected chi connectivity index (χ4v) is 2.27. The summed E-state index contributed by atoms with van der Waals surface area (Å²) in [7, 11) is 0. The zero-order chi connectivity index (χ0) is 20.6. The van der Waals surface area contributed by atoms with Gasteiger partial charge in [0.2, 0.25) is 0 Å². The summed E-state index contributed by atoms with van der Waals surface area (Å²) in [6.45, 7) is 11.1. The van der Waals surface area contributed by atoms with Crippen molar-refractivity contribution >= 4 is 11.9 Å². The number of carbonyl (C=O) groups is 2. The van der Waals surface area contributed by atoms with Gasteiger partial charge in [-0.1, -0.05) is 6.07 Å². The molecule has 0 aliphatic heterocycles. The van der Waals surface area contributed by atoms with Gasteiger partial charge < -0.3 is 20.2 Å². The van der Waals surface area contributed by atoms with Crippen LogP contribution in [-0.2, 0) is 16.0 Å². The van der Waals surface area contributed by atoms with E-state index in [0.717, 1.165) is 5.69 Å². The average molecular weight is 375 g/mol. The maximum Gasteiger partial charge on any atom is 0.355 e. The molecule has 3 N–H and O–H groups in total. The number of nitrogens with one attached hydrogen (secondary N) is 1. The number of rotatable bonds is 4. The molecule has 2 aromatic heterocycles. The van der Waals surface area contributed by atoms with Crippen molar-refractivity contribution in [3.63, 3.8) is 0 Å².